The van der Waals surface area contributed by atoms with E-state index in [1.165, 1.54) is 17.0 Å². The number of amides is 1. The number of esters is 1. The van der Waals surface area contributed by atoms with Gasteiger partial charge >= 0.3 is 5.97 Å². The summed E-state index contributed by atoms with van der Waals surface area (Å²) in [7, 11) is 0. The number of carbonyl (C=O) groups excluding carboxylic acids is 2. The molecular weight excluding hydrogens is 483 g/mol. The van der Waals surface area contributed by atoms with E-state index >= 15 is 0 Å². The second kappa shape index (κ2) is 10.7. The molecule has 1 aliphatic heterocycles. The molecule has 1 aromatic heterocycles. The van der Waals surface area contributed by atoms with E-state index in [4.69, 9.17) is 9.72 Å². The first-order valence-corrected chi connectivity index (χ1v) is 12.4. The lowest BCUT2D eigenvalue weighted by Crippen LogP contribution is -2.35. The standard InChI is InChI=1S/C30H27FN4O3/c1-3-26(36)38-28(22-7-5-4-6-8-22)30(37)34-17-18-35-25(19-34)33-27(21-11-13-23(31)14-12-21)29(35)32-24-15-9-20(2)10-16-24/h4-18,28,32H,3,19H2,1-2H3. The molecule has 1 amide bonds. The van der Waals surface area contributed by atoms with Crippen molar-refractivity contribution in [2.75, 3.05) is 5.32 Å². The number of aryl methyl sites for hydroxylation is 1. The Hall–Kier alpha value is -4.72. The first-order valence-electron chi connectivity index (χ1n) is 12.4. The number of fused-ring (bicyclic) bond motifs is 1. The molecule has 3 aromatic carbocycles. The molecule has 0 bridgehead atoms. The summed E-state index contributed by atoms with van der Waals surface area (Å²) < 4.78 is 21.1. The molecule has 2 heterocycles. The number of benzene rings is 3. The molecule has 1 aliphatic rings. The minimum absolute atomic E-state index is 0.159. The van der Waals surface area contributed by atoms with Crippen molar-refractivity contribution in [3.63, 3.8) is 0 Å². The number of carbonyl (C=O) groups is 2. The fourth-order valence-corrected chi connectivity index (χ4v) is 4.21. The zero-order chi connectivity index (χ0) is 26.6. The van der Waals surface area contributed by atoms with Crippen LogP contribution in [-0.2, 0) is 20.9 Å². The Morgan fingerprint density at radius 3 is 2.39 bits per heavy atom. The average molecular weight is 511 g/mol. The molecule has 0 spiro atoms. The molecule has 1 atom stereocenters. The van der Waals surface area contributed by atoms with Gasteiger partial charge < -0.3 is 15.0 Å². The van der Waals surface area contributed by atoms with Crippen molar-refractivity contribution in [2.45, 2.75) is 32.9 Å². The number of imidazole rings is 1. The van der Waals surface area contributed by atoms with Crippen LogP contribution in [0.2, 0.25) is 0 Å². The molecule has 7 nitrogen and oxygen atoms in total. The molecule has 0 saturated carbocycles. The molecule has 1 unspecified atom stereocenters. The van der Waals surface area contributed by atoms with Crippen molar-refractivity contribution < 1.29 is 18.7 Å². The highest BCUT2D eigenvalue weighted by molar-refractivity contribution is 5.87. The number of nitrogens with zero attached hydrogens (tertiary/aromatic N) is 3. The number of hydrogen-bond donors (Lipinski definition) is 1. The van der Waals surface area contributed by atoms with Crippen LogP contribution in [0.3, 0.4) is 0 Å². The van der Waals surface area contributed by atoms with Gasteiger partial charge in [0.2, 0.25) is 6.10 Å². The summed E-state index contributed by atoms with van der Waals surface area (Å²) in [6, 6.07) is 23.0. The number of anilines is 2. The zero-order valence-electron chi connectivity index (χ0n) is 21.1. The molecule has 0 radical (unpaired) electrons. The Labute approximate surface area is 220 Å². The predicted octanol–water partition coefficient (Wildman–Crippen LogP) is 6.21. The van der Waals surface area contributed by atoms with Gasteiger partial charge in [-0.15, -0.1) is 0 Å². The average Bonchev–Trinajstić information content (AvgIpc) is 3.30. The molecule has 38 heavy (non-hydrogen) atoms. The molecule has 0 saturated heterocycles. The van der Waals surface area contributed by atoms with Crippen LogP contribution in [0.25, 0.3) is 17.5 Å². The van der Waals surface area contributed by atoms with Crippen LogP contribution < -0.4 is 5.32 Å². The van der Waals surface area contributed by atoms with E-state index in [2.05, 4.69) is 5.32 Å². The summed E-state index contributed by atoms with van der Waals surface area (Å²) in [5.74, 6) is 0.119. The normalized spacial score (nSPS) is 13.1. The van der Waals surface area contributed by atoms with Gasteiger partial charge in [-0.25, -0.2) is 9.37 Å². The molecule has 0 aliphatic carbocycles. The summed E-state index contributed by atoms with van der Waals surface area (Å²) in [6.45, 7) is 3.86. The third kappa shape index (κ3) is 5.20. The van der Waals surface area contributed by atoms with E-state index in [1.807, 2.05) is 41.8 Å². The maximum Gasteiger partial charge on any atom is 0.306 e. The molecule has 8 heteroatoms. The number of hydrogen-bond acceptors (Lipinski definition) is 5. The van der Waals surface area contributed by atoms with Crippen molar-refractivity contribution in [3.05, 3.63) is 108 Å². The van der Waals surface area contributed by atoms with Crippen LogP contribution in [0.1, 0.15) is 36.4 Å². The Morgan fingerprint density at radius 1 is 1.00 bits per heavy atom. The van der Waals surface area contributed by atoms with Crippen molar-refractivity contribution in [1.29, 1.82) is 0 Å². The monoisotopic (exact) mass is 510 g/mol. The largest absolute Gasteiger partial charge is 0.447 e. The number of rotatable bonds is 7. The molecule has 4 aromatic rings. The van der Waals surface area contributed by atoms with Crippen molar-refractivity contribution in [3.8, 4) is 11.3 Å². The van der Waals surface area contributed by atoms with Crippen LogP contribution in [0, 0.1) is 12.7 Å². The first-order chi connectivity index (χ1) is 18.4. The van der Waals surface area contributed by atoms with Gasteiger partial charge in [0, 0.05) is 35.6 Å². The number of nitrogens with one attached hydrogen (secondary N) is 1. The summed E-state index contributed by atoms with van der Waals surface area (Å²) in [6.07, 6.45) is 2.49. The smallest absolute Gasteiger partial charge is 0.306 e. The van der Waals surface area contributed by atoms with E-state index in [0.29, 0.717) is 22.9 Å². The SMILES string of the molecule is CCC(=O)OC(C(=O)N1C=Cn2c(nc(-c3ccc(F)cc3)c2Nc2ccc(C)cc2)C1)c1ccccc1. The second-order valence-electron chi connectivity index (χ2n) is 8.99. The molecule has 192 valence electrons. The number of ether oxygens (including phenoxy) is 1. The Morgan fingerprint density at radius 2 is 1.71 bits per heavy atom. The minimum atomic E-state index is -1.07. The maximum absolute atomic E-state index is 13.7. The summed E-state index contributed by atoms with van der Waals surface area (Å²) in [4.78, 5) is 32.1. The van der Waals surface area contributed by atoms with E-state index < -0.39 is 12.1 Å². The summed E-state index contributed by atoms with van der Waals surface area (Å²) in [5, 5.41) is 3.43. The minimum Gasteiger partial charge on any atom is -0.447 e. The topological polar surface area (TPSA) is 76.5 Å². The van der Waals surface area contributed by atoms with Gasteiger partial charge in [0.25, 0.3) is 5.91 Å². The van der Waals surface area contributed by atoms with E-state index in [-0.39, 0.29) is 24.7 Å². The van der Waals surface area contributed by atoms with Crippen LogP contribution in [0.5, 0.6) is 0 Å². The molecule has 1 N–H and O–H groups in total. The lowest BCUT2D eigenvalue weighted by atomic mass is 10.1. The highest BCUT2D eigenvalue weighted by atomic mass is 19.1. The Kier molecular flexibility index (Phi) is 7.04. The van der Waals surface area contributed by atoms with Crippen LogP contribution in [-0.4, -0.2) is 26.3 Å². The third-order valence-corrected chi connectivity index (χ3v) is 6.27. The van der Waals surface area contributed by atoms with Crippen LogP contribution >= 0.6 is 0 Å². The van der Waals surface area contributed by atoms with Crippen molar-refractivity contribution >= 4 is 29.6 Å². The number of aromatic nitrogens is 2. The highest BCUT2D eigenvalue weighted by Crippen LogP contribution is 2.34. The fourth-order valence-electron chi connectivity index (χ4n) is 4.21. The van der Waals surface area contributed by atoms with E-state index in [0.717, 1.165) is 16.8 Å². The summed E-state index contributed by atoms with van der Waals surface area (Å²) >= 11 is 0. The van der Waals surface area contributed by atoms with Crippen molar-refractivity contribution in [2.24, 2.45) is 0 Å². The quantitative estimate of drug-likeness (QED) is 0.299. The zero-order valence-corrected chi connectivity index (χ0v) is 21.1. The Balaban J connectivity index is 1.50. The van der Waals surface area contributed by atoms with Gasteiger partial charge in [-0.3, -0.25) is 14.2 Å². The second-order valence-corrected chi connectivity index (χ2v) is 8.99. The maximum atomic E-state index is 13.7. The van der Waals surface area contributed by atoms with Crippen LogP contribution in [0.15, 0.2) is 85.1 Å². The molecular formula is C30H27FN4O3. The molecule has 0 fully saturated rings. The van der Waals surface area contributed by atoms with E-state index in [9.17, 15) is 14.0 Å². The first kappa shape index (κ1) is 25.0. The highest BCUT2D eigenvalue weighted by Gasteiger charge is 2.31. The molecule has 5 rings (SSSR count). The van der Waals surface area contributed by atoms with Gasteiger partial charge in [0.15, 0.2) is 0 Å². The lowest BCUT2D eigenvalue weighted by Gasteiger charge is -2.27. The number of halogens is 1. The van der Waals surface area contributed by atoms with Crippen molar-refractivity contribution in [1.82, 2.24) is 14.5 Å². The van der Waals surface area contributed by atoms with Gasteiger partial charge in [-0.1, -0.05) is 55.0 Å². The van der Waals surface area contributed by atoms with Gasteiger partial charge in [-0.2, -0.15) is 0 Å². The van der Waals surface area contributed by atoms with Gasteiger partial charge in [-0.05, 0) is 43.3 Å². The van der Waals surface area contributed by atoms with Gasteiger partial charge in [0.1, 0.15) is 23.2 Å². The van der Waals surface area contributed by atoms with Crippen LogP contribution in [0.4, 0.5) is 15.9 Å². The Bertz CT molecular complexity index is 1480. The third-order valence-electron chi connectivity index (χ3n) is 6.27. The van der Waals surface area contributed by atoms with E-state index in [1.54, 1.807) is 55.7 Å². The van der Waals surface area contributed by atoms with Gasteiger partial charge in [0.05, 0.1) is 6.54 Å². The summed E-state index contributed by atoms with van der Waals surface area (Å²) in [5.41, 5.74) is 3.94. The lowest BCUT2D eigenvalue weighted by molar-refractivity contribution is -0.159. The predicted molar refractivity (Wildman–Crippen MR) is 144 cm³/mol. The fraction of sp³-hybridized carbons (Fsp3) is 0.167.